The Morgan fingerprint density at radius 2 is 1.82 bits per heavy atom. The molecule has 2 fully saturated rings. The Balaban J connectivity index is 1.08. The summed E-state index contributed by atoms with van der Waals surface area (Å²) in [4.78, 5) is 33.2. The topological polar surface area (TPSA) is 122 Å². The number of rotatable bonds is 2. The molecular weight excluding hydrogens is 430 g/mol. The molecular formula is C25H19N7O2. The molecule has 1 saturated carbocycles. The molecule has 9 nitrogen and oxygen atoms in total. The molecule has 2 N–H and O–H groups in total. The lowest BCUT2D eigenvalue weighted by Crippen LogP contribution is -2.39. The van der Waals surface area contributed by atoms with E-state index in [9.17, 15) is 9.59 Å². The van der Waals surface area contributed by atoms with Gasteiger partial charge in [-0.05, 0) is 54.0 Å². The minimum absolute atomic E-state index is 0.0170. The third-order valence-corrected chi connectivity index (χ3v) is 7.53. The van der Waals surface area contributed by atoms with Crippen LogP contribution in [0.1, 0.15) is 26.4 Å². The Kier molecular flexibility index (Phi) is 3.80. The van der Waals surface area contributed by atoms with Gasteiger partial charge < -0.3 is 14.8 Å². The van der Waals surface area contributed by atoms with E-state index in [2.05, 4.69) is 26.5 Å². The highest BCUT2D eigenvalue weighted by molar-refractivity contribution is 5.99. The highest BCUT2D eigenvalue weighted by Gasteiger charge is 2.55. The SMILES string of the molecule is N#Cc1ccc2[nH]c(C(=O)N3C[C@H]4[C@@H]5CN(C(=O)c6ccc7n[nH]nc7c6)C=C5[C@H]4C3)cc2c1. The van der Waals surface area contributed by atoms with Crippen molar-refractivity contribution in [1.82, 2.24) is 30.2 Å². The van der Waals surface area contributed by atoms with Crippen LogP contribution in [0.25, 0.3) is 21.9 Å². The van der Waals surface area contributed by atoms with Gasteiger partial charge in [-0.2, -0.15) is 20.7 Å². The molecule has 2 aromatic heterocycles. The van der Waals surface area contributed by atoms with Crippen LogP contribution in [0, 0.1) is 29.1 Å². The number of aromatic amines is 2. The minimum Gasteiger partial charge on any atom is -0.351 e. The first-order valence-electron chi connectivity index (χ1n) is 11.2. The van der Waals surface area contributed by atoms with Crippen molar-refractivity contribution in [3.8, 4) is 6.07 Å². The normalized spacial score (nSPS) is 22.9. The second-order valence-electron chi connectivity index (χ2n) is 9.30. The van der Waals surface area contributed by atoms with E-state index in [1.54, 1.807) is 35.2 Å². The number of nitrogens with one attached hydrogen (secondary N) is 2. The van der Waals surface area contributed by atoms with Gasteiger partial charge in [-0.3, -0.25) is 9.59 Å². The molecule has 3 aliphatic rings. The van der Waals surface area contributed by atoms with E-state index in [0.717, 1.165) is 16.4 Å². The summed E-state index contributed by atoms with van der Waals surface area (Å²) < 4.78 is 0. The molecule has 0 spiro atoms. The summed E-state index contributed by atoms with van der Waals surface area (Å²) in [6.45, 7) is 2.01. The van der Waals surface area contributed by atoms with E-state index in [0.29, 0.717) is 59.7 Å². The Hall–Kier alpha value is -4.45. The van der Waals surface area contributed by atoms with Crippen LogP contribution in [-0.2, 0) is 0 Å². The van der Waals surface area contributed by atoms with Crippen LogP contribution in [0.5, 0.6) is 0 Å². The van der Waals surface area contributed by atoms with E-state index < -0.39 is 0 Å². The number of carbonyl (C=O) groups is 2. The van der Waals surface area contributed by atoms with Gasteiger partial charge in [0.15, 0.2) is 0 Å². The number of nitriles is 1. The number of hydrogen-bond donors (Lipinski definition) is 2. The van der Waals surface area contributed by atoms with Crippen molar-refractivity contribution < 1.29 is 9.59 Å². The predicted octanol–water partition coefficient (Wildman–Crippen LogP) is 2.67. The van der Waals surface area contributed by atoms with Crippen molar-refractivity contribution >= 4 is 33.8 Å². The lowest BCUT2D eigenvalue weighted by Gasteiger charge is -2.38. The number of benzene rings is 2. The van der Waals surface area contributed by atoms with Gasteiger partial charge in [0, 0.05) is 54.1 Å². The maximum atomic E-state index is 13.2. The summed E-state index contributed by atoms with van der Waals surface area (Å²) in [7, 11) is 0. The fourth-order valence-electron chi connectivity index (χ4n) is 5.80. The van der Waals surface area contributed by atoms with E-state index in [1.807, 2.05) is 23.2 Å². The second-order valence-corrected chi connectivity index (χ2v) is 9.30. The highest BCUT2D eigenvalue weighted by atomic mass is 16.2. The first kappa shape index (κ1) is 19.1. The number of nitrogens with zero attached hydrogens (tertiary/aromatic N) is 5. The second kappa shape index (κ2) is 6.78. The Bertz CT molecular complexity index is 1590. The van der Waals surface area contributed by atoms with Gasteiger partial charge in [-0.15, -0.1) is 0 Å². The van der Waals surface area contributed by atoms with Gasteiger partial charge >= 0.3 is 0 Å². The predicted molar refractivity (Wildman–Crippen MR) is 122 cm³/mol. The fraction of sp³-hybridized carbons (Fsp3) is 0.240. The average Bonchev–Trinajstić information content (AvgIpc) is 3.63. The summed E-state index contributed by atoms with van der Waals surface area (Å²) in [6, 6.07) is 14.7. The quantitative estimate of drug-likeness (QED) is 0.487. The first-order valence-corrected chi connectivity index (χ1v) is 11.2. The molecule has 166 valence electrons. The van der Waals surface area contributed by atoms with Crippen LogP contribution >= 0.6 is 0 Å². The molecule has 0 unspecified atom stereocenters. The molecule has 7 rings (SSSR count). The van der Waals surface area contributed by atoms with Crippen LogP contribution < -0.4 is 0 Å². The largest absolute Gasteiger partial charge is 0.351 e. The molecule has 1 aliphatic carbocycles. The standard InChI is InChI=1S/C25H19N7O2/c26-8-13-1-3-20-15(5-13)7-23(27-20)25(34)32-11-18-16-9-31(10-17(16)19(18)12-32)24(33)14-2-4-21-22(6-14)29-30-28-21/h1-7,9,17-19,27H,10-12H2,(H,28,29,30)/t17-,18-,19+/m1/s1. The number of H-pyrrole nitrogens is 2. The zero-order chi connectivity index (χ0) is 23.0. The van der Waals surface area contributed by atoms with Crippen molar-refractivity contribution in [1.29, 1.82) is 5.26 Å². The van der Waals surface area contributed by atoms with Gasteiger partial charge in [0.1, 0.15) is 16.7 Å². The molecule has 2 amide bonds. The maximum Gasteiger partial charge on any atom is 0.270 e. The summed E-state index contributed by atoms with van der Waals surface area (Å²) in [5.74, 6) is 0.938. The zero-order valence-corrected chi connectivity index (χ0v) is 18.0. The number of fused-ring (bicyclic) bond motifs is 6. The molecule has 2 aliphatic heterocycles. The van der Waals surface area contributed by atoms with Crippen molar-refractivity contribution in [2.45, 2.75) is 0 Å². The first-order chi connectivity index (χ1) is 16.6. The molecule has 0 bridgehead atoms. The summed E-state index contributed by atoms with van der Waals surface area (Å²) in [5, 5.41) is 20.7. The van der Waals surface area contributed by atoms with Gasteiger partial charge in [0.2, 0.25) is 0 Å². The number of aromatic nitrogens is 4. The van der Waals surface area contributed by atoms with Gasteiger partial charge in [-0.1, -0.05) is 0 Å². The average molecular weight is 449 g/mol. The Morgan fingerprint density at radius 1 is 0.971 bits per heavy atom. The summed E-state index contributed by atoms with van der Waals surface area (Å²) >= 11 is 0. The van der Waals surface area contributed by atoms with Crippen LogP contribution in [0.2, 0.25) is 0 Å². The Labute approximate surface area is 193 Å². The lowest BCUT2D eigenvalue weighted by molar-refractivity contribution is 0.0768. The summed E-state index contributed by atoms with van der Waals surface area (Å²) in [6.07, 6.45) is 1.99. The third kappa shape index (κ3) is 2.65. The van der Waals surface area contributed by atoms with Gasteiger partial charge in [-0.25, -0.2) is 0 Å². The molecule has 1 saturated heterocycles. The lowest BCUT2D eigenvalue weighted by atomic mass is 9.64. The maximum absolute atomic E-state index is 13.2. The van der Waals surface area contributed by atoms with Gasteiger partial charge in [0.05, 0.1) is 11.6 Å². The third-order valence-electron chi connectivity index (χ3n) is 7.53. The van der Waals surface area contributed by atoms with Crippen molar-refractivity contribution in [3.05, 3.63) is 71.1 Å². The van der Waals surface area contributed by atoms with Crippen LogP contribution in [0.4, 0.5) is 0 Å². The van der Waals surface area contributed by atoms with Crippen molar-refractivity contribution in [2.75, 3.05) is 19.6 Å². The van der Waals surface area contributed by atoms with Crippen molar-refractivity contribution in [3.63, 3.8) is 0 Å². The highest BCUT2D eigenvalue weighted by Crippen LogP contribution is 2.53. The summed E-state index contributed by atoms with van der Waals surface area (Å²) in [5.41, 5.74) is 5.24. The molecule has 0 radical (unpaired) electrons. The van der Waals surface area contributed by atoms with E-state index >= 15 is 0 Å². The zero-order valence-electron chi connectivity index (χ0n) is 18.0. The fourth-order valence-corrected chi connectivity index (χ4v) is 5.80. The molecule has 4 aromatic rings. The van der Waals surface area contributed by atoms with E-state index in [4.69, 9.17) is 5.26 Å². The molecule has 2 aromatic carbocycles. The van der Waals surface area contributed by atoms with E-state index in [1.165, 1.54) is 5.57 Å². The number of hydrogen-bond acceptors (Lipinski definition) is 5. The van der Waals surface area contributed by atoms with Crippen molar-refractivity contribution in [2.24, 2.45) is 17.8 Å². The minimum atomic E-state index is -0.0346. The van der Waals surface area contributed by atoms with E-state index in [-0.39, 0.29) is 11.8 Å². The van der Waals surface area contributed by atoms with Gasteiger partial charge in [0.25, 0.3) is 11.8 Å². The van der Waals surface area contributed by atoms with Crippen LogP contribution in [0.3, 0.4) is 0 Å². The molecule has 34 heavy (non-hydrogen) atoms. The number of amides is 2. The smallest absolute Gasteiger partial charge is 0.270 e. The monoisotopic (exact) mass is 449 g/mol. The number of likely N-dealkylation sites (tertiary alicyclic amines) is 1. The van der Waals surface area contributed by atoms with Crippen LogP contribution in [-0.4, -0.2) is 61.6 Å². The number of carbonyl (C=O) groups excluding carboxylic acids is 2. The molecule has 9 heteroatoms. The Morgan fingerprint density at radius 3 is 2.71 bits per heavy atom. The molecule has 4 heterocycles. The molecule has 3 atom stereocenters. The van der Waals surface area contributed by atoms with Crippen LogP contribution in [0.15, 0.2) is 54.2 Å².